The lowest BCUT2D eigenvalue weighted by Gasteiger charge is -2.41. The molecule has 1 aliphatic rings. The monoisotopic (exact) mass is 370 g/mol. The van der Waals surface area contributed by atoms with Gasteiger partial charge in [0.15, 0.2) is 5.13 Å². The second-order valence-corrected chi connectivity index (χ2v) is 7.28. The van der Waals surface area contributed by atoms with Crippen LogP contribution < -0.4 is 11.3 Å². The topological polar surface area (TPSA) is 105 Å². The third-order valence-corrected chi connectivity index (χ3v) is 5.65. The Hall–Kier alpha value is -2.87. The highest BCUT2D eigenvalue weighted by Crippen LogP contribution is 2.42. The van der Waals surface area contributed by atoms with Crippen molar-refractivity contribution in [2.75, 3.05) is 18.8 Å². The minimum Gasteiger partial charge on any atom is -0.375 e. The molecule has 1 saturated heterocycles. The molecule has 134 valence electrons. The van der Waals surface area contributed by atoms with Crippen LogP contribution >= 0.6 is 11.3 Å². The first kappa shape index (κ1) is 16.6. The number of nitrogens with one attached hydrogen (secondary N) is 1. The normalized spacial score (nSPS) is 16.5. The highest BCUT2D eigenvalue weighted by molar-refractivity contribution is 7.13. The molecule has 3 N–H and O–H groups in total. The Labute approximate surface area is 153 Å². The number of nitrogens with two attached hydrogens (primary N) is 1. The standard InChI is InChI=1S/C18H18N4O3S/c19-17-20-14(11-26-17)18(12-4-2-1-3-5-12)6-8-22(9-7-18)16(24)13-10-15(23)21-25-13/h1-5,10-11H,6-9H2,(H2,19,20)(H,21,23). The average Bonchev–Trinajstić information content (AvgIpc) is 3.31. The summed E-state index contributed by atoms with van der Waals surface area (Å²) >= 11 is 1.43. The highest BCUT2D eigenvalue weighted by atomic mass is 32.1. The maximum Gasteiger partial charge on any atom is 0.292 e. The van der Waals surface area contributed by atoms with E-state index in [9.17, 15) is 9.59 Å². The molecule has 0 radical (unpaired) electrons. The third-order valence-electron chi connectivity index (χ3n) is 4.98. The summed E-state index contributed by atoms with van der Waals surface area (Å²) in [7, 11) is 0. The summed E-state index contributed by atoms with van der Waals surface area (Å²) in [6, 6.07) is 11.4. The maximum absolute atomic E-state index is 12.5. The summed E-state index contributed by atoms with van der Waals surface area (Å²) in [5.41, 5.74) is 7.31. The van der Waals surface area contributed by atoms with Crippen molar-refractivity contribution in [3.63, 3.8) is 0 Å². The fraction of sp³-hybridized carbons (Fsp3) is 0.278. The van der Waals surface area contributed by atoms with E-state index in [2.05, 4.69) is 22.3 Å². The Bertz CT molecular complexity index is 967. The molecule has 1 amide bonds. The van der Waals surface area contributed by atoms with Crippen LogP contribution in [0.25, 0.3) is 0 Å². The lowest BCUT2D eigenvalue weighted by Crippen LogP contribution is -2.46. The summed E-state index contributed by atoms with van der Waals surface area (Å²) < 4.78 is 4.95. The SMILES string of the molecule is Nc1nc(C2(c3ccccc3)CCN(C(=O)c3cc(=O)[nH]o3)CC2)cs1. The highest BCUT2D eigenvalue weighted by Gasteiger charge is 2.41. The summed E-state index contributed by atoms with van der Waals surface area (Å²) in [4.78, 5) is 30.0. The van der Waals surface area contributed by atoms with Crippen LogP contribution in [0.2, 0.25) is 0 Å². The molecule has 7 nitrogen and oxygen atoms in total. The van der Waals surface area contributed by atoms with Crippen LogP contribution in [0.15, 0.2) is 51.1 Å². The predicted molar refractivity (Wildman–Crippen MR) is 98.2 cm³/mol. The van der Waals surface area contributed by atoms with Crippen LogP contribution in [-0.2, 0) is 5.41 Å². The minimum absolute atomic E-state index is 0.0418. The molecule has 0 atom stereocenters. The second kappa shape index (κ2) is 6.45. The lowest BCUT2D eigenvalue weighted by atomic mass is 9.70. The Morgan fingerprint density at radius 3 is 2.58 bits per heavy atom. The number of benzene rings is 1. The van der Waals surface area contributed by atoms with E-state index in [1.165, 1.54) is 23.0 Å². The van der Waals surface area contributed by atoms with Crippen molar-refractivity contribution in [3.8, 4) is 0 Å². The average molecular weight is 370 g/mol. The van der Waals surface area contributed by atoms with E-state index in [-0.39, 0.29) is 17.1 Å². The van der Waals surface area contributed by atoms with Crippen LogP contribution in [-0.4, -0.2) is 34.0 Å². The Balaban J connectivity index is 1.62. The molecule has 0 aliphatic carbocycles. The Kier molecular flexibility index (Phi) is 4.12. The number of nitrogen functional groups attached to an aromatic ring is 1. The van der Waals surface area contributed by atoms with Gasteiger partial charge in [0.25, 0.3) is 11.5 Å². The van der Waals surface area contributed by atoms with Gasteiger partial charge in [-0.15, -0.1) is 11.3 Å². The molecule has 0 bridgehead atoms. The number of carbonyl (C=O) groups is 1. The number of nitrogens with zero attached hydrogens (tertiary/aromatic N) is 2. The number of anilines is 1. The van der Waals surface area contributed by atoms with Crippen LogP contribution in [0.4, 0.5) is 5.13 Å². The molecule has 4 rings (SSSR count). The van der Waals surface area contributed by atoms with E-state index in [0.29, 0.717) is 18.2 Å². The summed E-state index contributed by atoms with van der Waals surface area (Å²) in [5, 5.41) is 4.71. The van der Waals surface area contributed by atoms with Crippen molar-refractivity contribution in [3.05, 3.63) is 69.1 Å². The lowest BCUT2D eigenvalue weighted by molar-refractivity contribution is 0.0642. The van der Waals surface area contributed by atoms with Gasteiger partial charge in [0.1, 0.15) is 0 Å². The van der Waals surface area contributed by atoms with E-state index in [0.717, 1.165) is 18.5 Å². The fourth-order valence-electron chi connectivity index (χ4n) is 3.59. The number of likely N-dealkylation sites (tertiary alicyclic amines) is 1. The van der Waals surface area contributed by atoms with Gasteiger partial charge < -0.3 is 15.2 Å². The van der Waals surface area contributed by atoms with Gasteiger partial charge in [-0.2, -0.15) is 5.16 Å². The van der Waals surface area contributed by atoms with Crippen molar-refractivity contribution in [2.45, 2.75) is 18.3 Å². The number of aromatic nitrogens is 2. The molecule has 0 unspecified atom stereocenters. The van der Waals surface area contributed by atoms with Crippen molar-refractivity contribution < 1.29 is 9.32 Å². The number of thiazole rings is 1. The van der Waals surface area contributed by atoms with Gasteiger partial charge in [-0.05, 0) is 18.4 Å². The van der Waals surface area contributed by atoms with Gasteiger partial charge >= 0.3 is 0 Å². The molecule has 3 heterocycles. The van der Waals surface area contributed by atoms with Crippen molar-refractivity contribution in [1.82, 2.24) is 15.0 Å². The molecule has 0 saturated carbocycles. The first-order chi connectivity index (χ1) is 12.6. The fourth-order valence-corrected chi connectivity index (χ4v) is 4.26. The van der Waals surface area contributed by atoms with Gasteiger partial charge in [0, 0.05) is 23.9 Å². The Morgan fingerprint density at radius 2 is 2.00 bits per heavy atom. The predicted octanol–water partition coefficient (Wildman–Crippen LogP) is 2.23. The molecular weight excluding hydrogens is 352 g/mol. The van der Waals surface area contributed by atoms with Gasteiger partial charge in [0.2, 0.25) is 5.76 Å². The molecule has 2 aromatic heterocycles. The van der Waals surface area contributed by atoms with Crippen LogP contribution in [0.1, 0.15) is 34.7 Å². The van der Waals surface area contributed by atoms with Crippen molar-refractivity contribution in [2.24, 2.45) is 0 Å². The minimum atomic E-state index is -0.415. The first-order valence-electron chi connectivity index (χ1n) is 8.33. The van der Waals surface area contributed by atoms with Crippen LogP contribution in [0.5, 0.6) is 0 Å². The van der Waals surface area contributed by atoms with Crippen molar-refractivity contribution in [1.29, 1.82) is 0 Å². The van der Waals surface area contributed by atoms with Gasteiger partial charge in [-0.3, -0.25) is 9.59 Å². The van der Waals surface area contributed by atoms with E-state index >= 15 is 0 Å². The summed E-state index contributed by atoms with van der Waals surface area (Å²) in [6.45, 7) is 1.08. The number of hydrogen-bond acceptors (Lipinski definition) is 6. The third kappa shape index (κ3) is 2.82. The molecule has 0 spiro atoms. The Morgan fingerprint density at radius 1 is 1.27 bits per heavy atom. The smallest absolute Gasteiger partial charge is 0.292 e. The quantitative estimate of drug-likeness (QED) is 0.735. The number of rotatable bonds is 3. The summed E-state index contributed by atoms with van der Waals surface area (Å²) in [6.07, 6.45) is 1.45. The molecule has 1 aromatic carbocycles. The van der Waals surface area contributed by atoms with Crippen molar-refractivity contribution >= 4 is 22.4 Å². The molecule has 8 heteroatoms. The molecule has 26 heavy (non-hydrogen) atoms. The van der Waals surface area contributed by atoms with Gasteiger partial charge in [-0.1, -0.05) is 30.3 Å². The van der Waals surface area contributed by atoms with E-state index in [1.54, 1.807) is 4.90 Å². The molecule has 1 fully saturated rings. The number of H-pyrrole nitrogens is 1. The zero-order valence-electron chi connectivity index (χ0n) is 14.0. The van der Waals surface area contributed by atoms with Crippen LogP contribution in [0.3, 0.4) is 0 Å². The largest absolute Gasteiger partial charge is 0.375 e. The maximum atomic E-state index is 12.5. The first-order valence-corrected chi connectivity index (χ1v) is 9.21. The zero-order chi connectivity index (χ0) is 18.1. The number of carbonyl (C=O) groups excluding carboxylic acids is 1. The molecule has 1 aliphatic heterocycles. The van der Waals surface area contributed by atoms with Gasteiger partial charge in [0.05, 0.1) is 11.8 Å². The van der Waals surface area contributed by atoms with E-state index in [4.69, 9.17) is 10.3 Å². The second-order valence-electron chi connectivity index (χ2n) is 6.39. The van der Waals surface area contributed by atoms with E-state index in [1.807, 2.05) is 23.6 Å². The van der Waals surface area contributed by atoms with Crippen LogP contribution in [0, 0.1) is 0 Å². The molecule has 3 aromatic rings. The van der Waals surface area contributed by atoms with Gasteiger partial charge in [-0.25, -0.2) is 4.98 Å². The molecular formula is C18H18N4O3S. The number of aromatic amines is 1. The summed E-state index contributed by atoms with van der Waals surface area (Å²) in [5.74, 6) is -0.233. The number of hydrogen-bond donors (Lipinski definition) is 2. The van der Waals surface area contributed by atoms with E-state index < -0.39 is 5.56 Å². The zero-order valence-corrected chi connectivity index (χ0v) is 14.8. The number of amides is 1. The number of piperidine rings is 1.